The van der Waals surface area contributed by atoms with E-state index < -0.39 is 16.6 Å². The molecule has 4 N–H and O–H groups in total. The number of hydrogen-bond donors (Lipinski definition) is 4. The van der Waals surface area contributed by atoms with Gasteiger partial charge in [0.2, 0.25) is 0 Å². The highest BCUT2D eigenvalue weighted by Gasteiger charge is 2.22. The van der Waals surface area contributed by atoms with Gasteiger partial charge in [0, 0.05) is 29.1 Å². The highest BCUT2D eigenvalue weighted by Crippen LogP contribution is 2.32. The lowest BCUT2D eigenvalue weighted by Crippen LogP contribution is -2.23. The number of ether oxygens (including phenoxy) is 1. The van der Waals surface area contributed by atoms with Gasteiger partial charge >= 0.3 is 0 Å². The molecular weight excluding hydrogens is 525 g/mol. The number of nitrogens with zero attached hydrogens (tertiary/aromatic N) is 2. The fourth-order valence-electron chi connectivity index (χ4n) is 4.51. The van der Waals surface area contributed by atoms with Crippen LogP contribution in [0.4, 0.5) is 15.8 Å². The Kier molecular flexibility index (Phi) is 7.94. The van der Waals surface area contributed by atoms with Crippen molar-refractivity contribution in [3.8, 4) is 11.5 Å². The zero-order valence-electron chi connectivity index (χ0n) is 20.7. The van der Waals surface area contributed by atoms with Gasteiger partial charge in [0.1, 0.15) is 28.7 Å². The average Bonchev–Trinajstić information content (AvgIpc) is 3.40. The second kappa shape index (κ2) is 11.7. The van der Waals surface area contributed by atoms with Gasteiger partial charge in [-0.25, -0.2) is 9.37 Å². The first-order valence-electron chi connectivity index (χ1n) is 12.4. The first-order chi connectivity index (χ1) is 18.9. The Morgan fingerprint density at radius 2 is 2.00 bits per heavy atom. The topological polar surface area (TPSA) is 142 Å². The number of aromatic nitrogens is 2. The molecule has 5 rings (SSSR count). The molecule has 12 heteroatoms. The number of hydrogen-bond acceptors (Lipinski definition) is 8. The Labute approximate surface area is 227 Å². The molecule has 202 valence electrons. The van der Waals surface area contributed by atoms with Crippen LogP contribution in [0.1, 0.15) is 36.0 Å². The van der Waals surface area contributed by atoms with Crippen molar-refractivity contribution in [1.29, 1.82) is 0 Å². The number of pyridine rings is 1. The third-order valence-corrected chi connectivity index (χ3v) is 7.39. The number of fused-ring (bicyclic) bond motifs is 1. The fourth-order valence-corrected chi connectivity index (χ4v) is 5.14. The highest BCUT2D eigenvalue weighted by molar-refractivity contribution is 7.98. The molecule has 0 atom stereocenters. The SMILES string of the molecule is O=C(NSc1ccc(NCC2CCC(O)CC2)c([N+](=O)[O-])c1)c1cc(F)ccc1Oc1cnc2[nH]ccc2c1. The van der Waals surface area contributed by atoms with E-state index in [-0.39, 0.29) is 23.1 Å². The maximum atomic E-state index is 14.0. The number of aliphatic hydroxyl groups excluding tert-OH is 1. The van der Waals surface area contributed by atoms with Gasteiger partial charge in [0.15, 0.2) is 0 Å². The van der Waals surface area contributed by atoms with Crippen molar-refractivity contribution in [2.24, 2.45) is 5.92 Å². The normalized spacial score (nSPS) is 17.1. The number of nitrogens with one attached hydrogen (secondary N) is 3. The lowest BCUT2D eigenvalue weighted by Gasteiger charge is -2.25. The Morgan fingerprint density at radius 3 is 2.79 bits per heavy atom. The van der Waals surface area contributed by atoms with Crippen molar-refractivity contribution in [2.45, 2.75) is 36.7 Å². The third kappa shape index (κ3) is 6.47. The van der Waals surface area contributed by atoms with Gasteiger partial charge in [-0.05, 0) is 86.0 Å². The van der Waals surface area contributed by atoms with E-state index in [1.165, 1.54) is 24.4 Å². The molecule has 4 aromatic rings. The standard InChI is InChI=1S/C27H26FN5O5S/c28-18-3-8-25(38-20-11-17-9-10-29-26(17)31-15-20)22(12-18)27(35)32-39-21-6-7-23(24(13-21)33(36)37)30-14-16-1-4-19(34)5-2-16/h3,6-13,15-16,19,30,34H,1-2,4-5,14H2,(H,29,31)(H,32,35). The third-order valence-electron chi connectivity index (χ3n) is 6.61. The molecule has 1 amide bonds. The van der Waals surface area contributed by atoms with E-state index >= 15 is 0 Å². The largest absolute Gasteiger partial charge is 0.455 e. The summed E-state index contributed by atoms with van der Waals surface area (Å²) in [4.78, 5) is 31.9. The minimum absolute atomic E-state index is 0.0398. The molecule has 0 saturated heterocycles. The van der Waals surface area contributed by atoms with Crippen molar-refractivity contribution < 1.29 is 24.0 Å². The van der Waals surface area contributed by atoms with Crippen LogP contribution in [-0.4, -0.2) is 38.6 Å². The lowest BCUT2D eigenvalue weighted by atomic mass is 9.87. The maximum absolute atomic E-state index is 14.0. The summed E-state index contributed by atoms with van der Waals surface area (Å²) in [6.45, 7) is 0.575. The van der Waals surface area contributed by atoms with Crippen molar-refractivity contribution in [3.63, 3.8) is 0 Å². The number of carbonyl (C=O) groups is 1. The molecule has 1 aliphatic rings. The van der Waals surface area contributed by atoms with Crippen LogP contribution < -0.4 is 14.8 Å². The van der Waals surface area contributed by atoms with Gasteiger partial charge in [-0.3, -0.25) is 19.6 Å². The van der Waals surface area contributed by atoms with Crippen molar-refractivity contribution in [2.75, 3.05) is 11.9 Å². The molecule has 2 aromatic carbocycles. The van der Waals surface area contributed by atoms with E-state index in [1.54, 1.807) is 24.4 Å². The number of benzene rings is 2. The predicted molar refractivity (Wildman–Crippen MR) is 145 cm³/mol. The molecule has 0 aliphatic heterocycles. The van der Waals surface area contributed by atoms with Gasteiger partial charge in [0.25, 0.3) is 11.6 Å². The predicted octanol–water partition coefficient (Wildman–Crippen LogP) is 5.80. The number of H-pyrrole nitrogens is 1. The maximum Gasteiger partial charge on any atom is 0.293 e. The number of carbonyl (C=O) groups excluding carboxylic acids is 1. The average molecular weight is 552 g/mol. The quantitative estimate of drug-likeness (QED) is 0.116. The van der Waals surface area contributed by atoms with E-state index in [1.807, 2.05) is 6.07 Å². The Morgan fingerprint density at radius 1 is 1.18 bits per heavy atom. The van der Waals surface area contributed by atoms with Gasteiger partial charge in [-0.1, -0.05) is 0 Å². The molecular formula is C27H26FN5O5S. The van der Waals surface area contributed by atoms with E-state index in [4.69, 9.17) is 4.74 Å². The number of anilines is 1. The number of aliphatic hydroxyl groups is 1. The van der Waals surface area contributed by atoms with Crippen LogP contribution in [0.15, 0.2) is 65.8 Å². The molecule has 0 radical (unpaired) electrons. The molecule has 10 nitrogen and oxygen atoms in total. The molecule has 0 spiro atoms. The van der Waals surface area contributed by atoms with Gasteiger partial charge in [0.05, 0.1) is 22.8 Å². The lowest BCUT2D eigenvalue weighted by molar-refractivity contribution is -0.384. The number of aromatic amines is 1. The van der Waals surface area contributed by atoms with Gasteiger partial charge < -0.3 is 20.1 Å². The van der Waals surface area contributed by atoms with Crippen LogP contribution in [0.5, 0.6) is 11.5 Å². The summed E-state index contributed by atoms with van der Waals surface area (Å²) in [5.74, 6) is -0.403. The first-order valence-corrected chi connectivity index (χ1v) is 13.3. The molecule has 0 unspecified atom stereocenters. The summed E-state index contributed by atoms with van der Waals surface area (Å²) in [5.41, 5.74) is 0.908. The Balaban J connectivity index is 1.26. The number of nitro benzene ring substituents is 1. The summed E-state index contributed by atoms with van der Waals surface area (Å²) in [6, 6.07) is 11.8. The molecule has 0 bridgehead atoms. The van der Waals surface area contributed by atoms with Gasteiger partial charge in [-0.2, -0.15) is 0 Å². The summed E-state index contributed by atoms with van der Waals surface area (Å²) >= 11 is 0.880. The van der Waals surface area contributed by atoms with Crippen LogP contribution in [0.3, 0.4) is 0 Å². The Hall–Kier alpha value is -4.16. The summed E-state index contributed by atoms with van der Waals surface area (Å²) in [6.07, 6.45) is 6.18. The van der Waals surface area contributed by atoms with Gasteiger partial charge in [-0.15, -0.1) is 0 Å². The number of rotatable bonds is 9. The minimum atomic E-state index is -0.630. The van der Waals surface area contributed by atoms with Crippen LogP contribution >= 0.6 is 11.9 Å². The zero-order chi connectivity index (χ0) is 27.4. The molecule has 2 heterocycles. The monoisotopic (exact) mass is 551 g/mol. The van der Waals surface area contributed by atoms with E-state index in [9.17, 15) is 24.4 Å². The molecule has 2 aromatic heterocycles. The van der Waals surface area contributed by atoms with Crippen LogP contribution in [-0.2, 0) is 0 Å². The molecule has 1 fully saturated rings. The molecule has 1 saturated carbocycles. The summed E-state index contributed by atoms with van der Waals surface area (Å²) < 4.78 is 22.5. The van der Waals surface area contributed by atoms with Crippen LogP contribution in [0.25, 0.3) is 11.0 Å². The smallest absolute Gasteiger partial charge is 0.293 e. The minimum Gasteiger partial charge on any atom is -0.455 e. The highest BCUT2D eigenvalue weighted by atomic mass is 32.2. The van der Waals surface area contributed by atoms with Crippen LogP contribution in [0.2, 0.25) is 0 Å². The van der Waals surface area contributed by atoms with Crippen LogP contribution in [0, 0.1) is 21.8 Å². The van der Waals surface area contributed by atoms with E-state index in [2.05, 4.69) is 20.0 Å². The van der Waals surface area contributed by atoms with Crippen molar-refractivity contribution in [1.82, 2.24) is 14.7 Å². The summed E-state index contributed by atoms with van der Waals surface area (Å²) in [5, 5.41) is 25.4. The number of nitro groups is 1. The first kappa shape index (κ1) is 26.4. The molecule has 39 heavy (non-hydrogen) atoms. The summed E-state index contributed by atoms with van der Waals surface area (Å²) in [7, 11) is 0. The van der Waals surface area contributed by atoms with E-state index in [0.29, 0.717) is 34.4 Å². The Bertz CT molecular complexity index is 1510. The van der Waals surface area contributed by atoms with E-state index in [0.717, 1.165) is 49.1 Å². The second-order valence-corrected chi connectivity index (χ2v) is 10.2. The number of halogens is 1. The second-order valence-electron chi connectivity index (χ2n) is 9.35. The fraction of sp³-hybridized carbons (Fsp3) is 0.259. The van der Waals surface area contributed by atoms with Crippen molar-refractivity contribution in [3.05, 3.63) is 82.4 Å². The molecule has 1 aliphatic carbocycles. The van der Waals surface area contributed by atoms with Crippen molar-refractivity contribution >= 4 is 40.3 Å². The number of amides is 1. The zero-order valence-corrected chi connectivity index (χ0v) is 21.5.